The van der Waals surface area contributed by atoms with Crippen LogP contribution in [-0.4, -0.2) is 49.9 Å². The van der Waals surface area contributed by atoms with Crippen molar-refractivity contribution in [2.45, 2.75) is 200 Å². The van der Waals surface area contributed by atoms with Crippen molar-refractivity contribution in [1.82, 2.24) is 0 Å². The fourth-order valence-electron chi connectivity index (χ4n) is 6.24. The molecule has 0 spiro atoms. The van der Waals surface area contributed by atoms with E-state index in [0.29, 0.717) is 13.0 Å². The van der Waals surface area contributed by atoms with Gasteiger partial charge in [-0.15, -0.1) is 0 Å². The van der Waals surface area contributed by atoms with Crippen molar-refractivity contribution in [3.05, 3.63) is 72.9 Å². The number of carbonyl (C=O) groups is 1. The zero-order valence-electron chi connectivity index (χ0n) is 37.3. The van der Waals surface area contributed by atoms with Crippen molar-refractivity contribution in [2.24, 2.45) is 5.73 Å². The standard InChI is InChI=1S/C49H88NO7P/c1-3-5-7-9-11-13-15-17-19-21-22-23-24-25-27-29-31-33-35-37-39-41-44-54-46-48(47-56-58(52,53)55-45-43-50)57-49(51)42-40-38-36-34-32-30-28-26-20-18-16-14-12-10-8-6-4-2/h5,7,11,13,17,19,22-23,25,27,31,33,48H,3-4,6,8-10,12,14-16,18,20-21,24,26,28-30,32,34-47,50H2,1-2H3,(H,52,53)/b7-5-,13-11-,19-17-,23-22-,27-25-,33-31-. The Morgan fingerprint density at radius 2 is 0.966 bits per heavy atom. The Bertz CT molecular complexity index is 1120. The van der Waals surface area contributed by atoms with Crippen LogP contribution in [0.3, 0.4) is 0 Å². The van der Waals surface area contributed by atoms with Gasteiger partial charge in [-0.3, -0.25) is 13.8 Å². The Hall–Kier alpha value is -2.06. The molecule has 8 nitrogen and oxygen atoms in total. The van der Waals surface area contributed by atoms with Crippen molar-refractivity contribution >= 4 is 13.8 Å². The van der Waals surface area contributed by atoms with Gasteiger partial charge in [-0.2, -0.15) is 0 Å². The molecule has 58 heavy (non-hydrogen) atoms. The first-order valence-electron chi connectivity index (χ1n) is 23.4. The third kappa shape index (κ3) is 45.0. The van der Waals surface area contributed by atoms with Crippen molar-refractivity contribution in [1.29, 1.82) is 0 Å². The molecule has 0 fully saturated rings. The highest BCUT2D eigenvalue weighted by Gasteiger charge is 2.25. The molecule has 0 saturated heterocycles. The van der Waals surface area contributed by atoms with E-state index in [-0.39, 0.29) is 32.3 Å². The summed E-state index contributed by atoms with van der Waals surface area (Å²) < 4.78 is 33.5. The summed E-state index contributed by atoms with van der Waals surface area (Å²) in [6.07, 6.45) is 57.8. The van der Waals surface area contributed by atoms with Crippen LogP contribution in [0.25, 0.3) is 0 Å². The van der Waals surface area contributed by atoms with Gasteiger partial charge < -0.3 is 20.1 Å². The summed E-state index contributed by atoms with van der Waals surface area (Å²) in [6, 6.07) is 0. The summed E-state index contributed by atoms with van der Waals surface area (Å²) in [4.78, 5) is 22.5. The molecule has 0 amide bonds. The van der Waals surface area contributed by atoms with E-state index < -0.39 is 13.9 Å². The summed E-state index contributed by atoms with van der Waals surface area (Å²) in [7, 11) is -4.29. The Kier molecular flexibility index (Phi) is 44.4. The lowest BCUT2D eigenvalue weighted by atomic mass is 10.0. The molecular formula is C49H88NO7P. The van der Waals surface area contributed by atoms with Crippen LogP contribution in [0.4, 0.5) is 0 Å². The largest absolute Gasteiger partial charge is 0.472 e. The van der Waals surface area contributed by atoms with Gasteiger partial charge in [-0.05, 0) is 64.2 Å². The molecule has 336 valence electrons. The van der Waals surface area contributed by atoms with Gasteiger partial charge in [-0.1, -0.05) is 196 Å². The highest BCUT2D eigenvalue weighted by Crippen LogP contribution is 2.43. The van der Waals surface area contributed by atoms with Gasteiger partial charge in [0.1, 0.15) is 6.10 Å². The van der Waals surface area contributed by atoms with E-state index in [2.05, 4.69) is 86.8 Å². The predicted octanol–water partition coefficient (Wildman–Crippen LogP) is 14.3. The van der Waals surface area contributed by atoms with Crippen LogP contribution in [0.1, 0.15) is 194 Å². The van der Waals surface area contributed by atoms with E-state index in [1.807, 2.05) is 0 Å². The van der Waals surface area contributed by atoms with Crippen LogP contribution in [0, 0.1) is 0 Å². The van der Waals surface area contributed by atoms with E-state index >= 15 is 0 Å². The third-order valence-electron chi connectivity index (χ3n) is 9.64. The average Bonchev–Trinajstić information content (AvgIpc) is 3.21. The van der Waals surface area contributed by atoms with Gasteiger partial charge in [-0.25, -0.2) is 4.57 Å². The number of unbranched alkanes of at least 4 members (excludes halogenated alkanes) is 19. The molecule has 0 aromatic rings. The number of phosphoric ester groups is 1. The number of allylic oxidation sites excluding steroid dienone is 12. The Balaban J connectivity index is 4.08. The first kappa shape index (κ1) is 55.9. The minimum absolute atomic E-state index is 0.0921. The monoisotopic (exact) mass is 834 g/mol. The van der Waals surface area contributed by atoms with Gasteiger partial charge >= 0.3 is 13.8 Å². The van der Waals surface area contributed by atoms with Crippen LogP contribution >= 0.6 is 7.82 Å². The van der Waals surface area contributed by atoms with E-state index in [1.54, 1.807) is 0 Å². The maximum absolute atomic E-state index is 12.6. The number of rotatable bonds is 44. The molecule has 2 atom stereocenters. The number of ether oxygens (including phenoxy) is 2. The smallest absolute Gasteiger partial charge is 0.457 e. The molecule has 0 radical (unpaired) electrons. The van der Waals surface area contributed by atoms with Crippen LogP contribution in [0.2, 0.25) is 0 Å². The zero-order valence-corrected chi connectivity index (χ0v) is 38.2. The second-order valence-electron chi connectivity index (χ2n) is 15.2. The maximum Gasteiger partial charge on any atom is 0.472 e. The van der Waals surface area contributed by atoms with E-state index in [9.17, 15) is 14.3 Å². The number of phosphoric acid groups is 1. The highest BCUT2D eigenvalue weighted by atomic mass is 31.2. The first-order valence-corrected chi connectivity index (χ1v) is 24.9. The maximum atomic E-state index is 12.6. The second kappa shape index (κ2) is 46.0. The quantitative estimate of drug-likeness (QED) is 0.0270. The van der Waals surface area contributed by atoms with Crippen molar-refractivity contribution in [2.75, 3.05) is 33.0 Å². The fourth-order valence-corrected chi connectivity index (χ4v) is 7.00. The van der Waals surface area contributed by atoms with Gasteiger partial charge in [0, 0.05) is 19.6 Å². The van der Waals surface area contributed by atoms with Gasteiger partial charge in [0.15, 0.2) is 0 Å². The van der Waals surface area contributed by atoms with E-state index in [1.165, 1.54) is 89.9 Å². The molecule has 0 aliphatic carbocycles. The molecular weight excluding hydrogens is 746 g/mol. The Morgan fingerprint density at radius 3 is 1.43 bits per heavy atom. The highest BCUT2D eigenvalue weighted by molar-refractivity contribution is 7.47. The molecule has 0 aliphatic heterocycles. The SMILES string of the molecule is CC/C=C\C/C=C\C/C=C\C/C=C\C/C=C\C/C=C\CCCCCOCC(COP(=O)(O)OCCN)OC(=O)CCCCCCCCCCCCCCCCCCC. The van der Waals surface area contributed by atoms with E-state index in [4.69, 9.17) is 24.3 Å². The molecule has 3 N–H and O–H groups in total. The molecule has 0 bridgehead atoms. The normalized spacial score (nSPS) is 14.1. The fraction of sp³-hybridized carbons (Fsp3) is 0.735. The van der Waals surface area contributed by atoms with Gasteiger partial charge in [0.2, 0.25) is 0 Å². The van der Waals surface area contributed by atoms with Crippen molar-refractivity contribution in [3.63, 3.8) is 0 Å². The van der Waals surface area contributed by atoms with E-state index in [0.717, 1.165) is 83.5 Å². The summed E-state index contributed by atoms with van der Waals surface area (Å²) in [6.45, 7) is 4.73. The Labute approximate surface area is 356 Å². The van der Waals surface area contributed by atoms with Gasteiger partial charge in [0.25, 0.3) is 0 Å². The first-order chi connectivity index (χ1) is 28.4. The van der Waals surface area contributed by atoms with Crippen LogP contribution in [0.15, 0.2) is 72.9 Å². The van der Waals surface area contributed by atoms with Crippen LogP contribution < -0.4 is 5.73 Å². The summed E-state index contributed by atoms with van der Waals surface area (Å²) in [5, 5.41) is 0. The molecule has 0 heterocycles. The average molecular weight is 834 g/mol. The van der Waals surface area contributed by atoms with Crippen molar-refractivity contribution in [3.8, 4) is 0 Å². The third-order valence-corrected chi connectivity index (χ3v) is 10.6. The summed E-state index contributed by atoms with van der Waals surface area (Å²) >= 11 is 0. The summed E-state index contributed by atoms with van der Waals surface area (Å²) in [5.41, 5.74) is 5.38. The van der Waals surface area contributed by atoms with Crippen molar-refractivity contribution < 1.29 is 32.8 Å². The number of esters is 1. The summed E-state index contributed by atoms with van der Waals surface area (Å²) in [5.74, 6) is -0.342. The molecule has 9 heteroatoms. The molecule has 0 saturated carbocycles. The number of nitrogens with two attached hydrogens (primary N) is 1. The number of carbonyl (C=O) groups excluding carboxylic acids is 1. The molecule has 0 aliphatic rings. The topological polar surface area (TPSA) is 117 Å². The molecule has 0 aromatic carbocycles. The van der Waals surface area contributed by atoms with Crippen LogP contribution in [0.5, 0.6) is 0 Å². The molecule has 2 unspecified atom stereocenters. The van der Waals surface area contributed by atoms with Crippen LogP contribution in [-0.2, 0) is 27.9 Å². The Morgan fingerprint density at radius 1 is 0.534 bits per heavy atom. The minimum atomic E-state index is -4.29. The number of hydrogen-bond donors (Lipinski definition) is 2. The lowest BCUT2D eigenvalue weighted by Crippen LogP contribution is -2.28. The predicted molar refractivity (Wildman–Crippen MR) is 247 cm³/mol. The molecule has 0 rings (SSSR count). The second-order valence-corrected chi connectivity index (χ2v) is 16.7. The zero-order chi connectivity index (χ0) is 42.3. The minimum Gasteiger partial charge on any atom is -0.457 e. The van der Waals surface area contributed by atoms with Gasteiger partial charge in [0.05, 0.1) is 19.8 Å². The molecule has 0 aromatic heterocycles. The lowest BCUT2D eigenvalue weighted by molar-refractivity contribution is -0.154. The lowest BCUT2D eigenvalue weighted by Gasteiger charge is -2.20. The number of hydrogen-bond acceptors (Lipinski definition) is 7.